The minimum Gasteiger partial charge on any atom is -0.376 e. The van der Waals surface area contributed by atoms with E-state index in [0.717, 1.165) is 49.1 Å². The molecule has 0 spiro atoms. The zero-order chi connectivity index (χ0) is 17.5. The van der Waals surface area contributed by atoms with E-state index in [4.69, 9.17) is 4.74 Å². The Bertz CT molecular complexity index is 558. The maximum Gasteiger partial charge on any atom is 0.240 e. The SMILES string of the molecule is CCc1cccc(CC)c1N(CC(=O)NCC1CCCO1)C(C)=O. The number of amides is 2. The van der Waals surface area contributed by atoms with Gasteiger partial charge in [0.15, 0.2) is 0 Å². The van der Waals surface area contributed by atoms with Crippen LogP contribution in [0.15, 0.2) is 18.2 Å². The highest BCUT2D eigenvalue weighted by Gasteiger charge is 2.22. The number of carbonyl (C=O) groups is 2. The van der Waals surface area contributed by atoms with Crippen LogP contribution in [0.2, 0.25) is 0 Å². The minimum absolute atomic E-state index is 0.0477. The Kier molecular flexibility index (Phi) is 6.79. The molecule has 1 unspecified atom stereocenters. The average Bonchev–Trinajstić information content (AvgIpc) is 3.10. The normalized spacial score (nSPS) is 16.9. The summed E-state index contributed by atoms with van der Waals surface area (Å²) in [5, 5.41) is 2.90. The summed E-state index contributed by atoms with van der Waals surface area (Å²) in [6.07, 6.45) is 3.78. The average molecular weight is 332 g/mol. The molecule has 1 atom stereocenters. The van der Waals surface area contributed by atoms with E-state index in [-0.39, 0.29) is 24.5 Å². The molecular weight excluding hydrogens is 304 g/mol. The van der Waals surface area contributed by atoms with Crippen LogP contribution in [0.1, 0.15) is 44.7 Å². The van der Waals surface area contributed by atoms with Crippen LogP contribution in [0, 0.1) is 0 Å². The second kappa shape index (κ2) is 8.83. The molecular formula is C19H28N2O3. The van der Waals surface area contributed by atoms with Gasteiger partial charge in [-0.2, -0.15) is 0 Å². The molecule has 1 N–H and O–H groups in total. The maximum absolute atomic E-state index is 12.3. The van der Waals surface area contributed by atoms with Crippen molar-refractivity contribution in [3.63, 3.8) is 0 Å². The Morgan fingerprint density at radius 2 is 1.92 bits per heavy atom. The Hall–Kier alpha value is -1.88. The number of aryl methyl sites for hydroxylation is 2. The van der Waals surface area contributed by atoms with Crippen molar-refractivity contribution < 1.29 is 14.3 Å². The Labute approximate surface area is 144 Å². The Balaban J connectivity index is 2.11. The molecule has 1 aromatic rings. The fourth-order valence-corrected chi connectivity index (χ4v) is 3.14. The largest absolute Gasteiger partial charge is 0.376 e. The lowest BCUT2D eigenvalue weighted by Gasteiger charge is -2.26. The molecule has 0 radical (unpaired) electrons. The zero-order valence-electron chi connectivity index (χ0n) is 14.9. The molecule has 5 heteroatoms. The van der Waals surface area contributed by atoms with E-state index in [1.807, 2.05) is 18.2 Å². The van der Waals surface area contributed by atoms with Crippen LogP contribution in [-0.4, -0.2) is 37.6 Å². The number of nitrogens with one attached hydrogen (secondary N) is 1. The molecule has 0 aromatic heterocycles. The van der Waals surface area contributed by atoms with E-state index >= 15 is 0 Å². The van der Waals surface area contributed by atoms with Gasteiger partial charge in [-0.25, -0.2) is 0 Å². The van der Waals surface area contributed by atoms with Gasteiger partial charge in [-0.15, -0.1) is 0 Å². The number of nitrogens with zero attached hydrogens (tertiary/aromatic N) is 1. The number of para-hydroxylation sites is 1. The first-order valence-corrected chi connectivity index (χ1v) is 8.84. The lowest BCUT2D eigenvalue weighted by atomic mass is 10.0. The van der Waals surface area contributed by atoms with Gasteiger partial charge in [-0.1, -0.05) is 32.0 Å². The number of rotatable bonds is 7. The van der Waals surface area contributed by atoms with E-state index in [2.05, 4.69) is 19.2 Å². The van der Waals surface area contributed by atoms with Crippen LogP contribution in [0.5, 0.6) is 0 Å². The minimum atomic E-state index is -0.145. The van der Waals surface area contributed by atoms with Gasteiger partial charge in [0.1, 0.15) is 6.54 Å². The number of benzene rings is 1. The summed E-state index contributed by atoms with van der Waals surface area (Å²) in [5.74, 6) is -0.258. The third-order valence-electron chi connectivity index (χ3n) is 4.47. The van der Waals surface area contributed by atoms with Crippen LogP contribution in [-0.2, 0) is 27.2 Å². The second-order valence-electron chi connectivity index (χ2n) is 6.18. The van der Waals surface area contributed by atoms with E-state index in [1.165, 1.54) is 6.92 Å². The number of hydrogen-bond acceptors (Lipinski definition) is 3. The third kappa shape index (κ3) is 4.57. The molecule has 0 saturated carbocycles. The molecule has 132 valence electrons. The number of anilines is 1. The molecule has 1 fully saturated rings. The monoisotopic (exact) mass is 332 g/mol. The van der Waals surface area contributed by atoms with Gasteiger partial charge < -0.3 is 15.0 Å². The smallest absolute Gasteiger partial charge is 0.240 e. The molecule has 24 heavy (non-hydrogen) atoms. The van der Waals surface area contributed by atoms with Crippen LogP contribution >= 0.6 is 0 Å². The predicted octanol–water partition coefficient (Wildman–Crippen LogP) is 2.46. The van der Waals surface area contributed by atoms with Crippen LogP contribution in [0.4, 0.5) is 5.69 Å². The summed E-state index contributed by atoms with van der Waals surface area (Å²) >= 11 is 0. The summed E-state index contributed by atoms with van der Waals surface area (Å²) in [4.78, 5) is 26.1. The van der Waals surface area contributed by atoms with Crippen LogP contribution in [0.25, 0.3) is 0 Å². The summed E-state index contributed by atoms with van der Waals surface area (Å²) < 4.78 is 5.52. The Morgan fingerprint density at radius 3 is 2.42 bits per heavy atom. The third-order valence-corrected chi connectivity index (χ3v) is 4.47. The molecule has 1 aliphatic rings. The highest BCUT2D eigenvalue weighted by molar-refractivity contribution is 5.98. The van der Waals surface area contributed by atoms with E-state index in [0.29, 0.717) is 6.54 Å². The molecule has 5 nitrogen and oxygen atoms in total. The molecule has 1 saturated heterocycles. The van der Waals surface area contributed by atoms with Crippen molar-refractivity contribution in [3.05, 3.63) is 29.3 Å². The van der Waals surface area contributed by atoms with Crippen LogP contribution in [0.3, 0.4) is 0 Å². The highest BCUT2D eigenvalue weighted by Crippen LogP contribution is 2.27. The van der Waals surface area contributed by atoms with Gasteiger partial charge in [0.05, 0.1) is 11.8 Å². The first kappa shape index (κ1) is 18.5. The van der Waals surface area contributed by atoms with Gasteiger partial charge in [0, 0.05) is 20.1 Å². The van der Waals surface area contributed by atoms with E-state index in [1.54, 1.807) is 4.90 Å². The summed E-state index contributed by atoms with van der Waals surface area (Å²) in [5.41, 5.74) is 3.08. The molecule has 1 aromatic carbocycles. The first-order chi connectivity index (χ1) is 11.6. The van der Waals surface area contributed by atoms with Crippen molar-refractivity contribution >= 4 is 17.5 Å². The Morgan fingerprint density at radius 1 is 1.25 bits per heavy atom. The van der Waals surface area contributed by atoms with E-state index < -0.39 is 0 Å². The molecule has 2 rings (SSSR count). The summed E-state index contributed by atoms with van der Waals surface area (Å²) in [6.45, 7) is 6.97. The van der Waals surface area contributed by atoms with Gasteiger partial charge in [-0.05, 0) is 36.8 Å². The van der Waals surface area contributed by atoms with Crippen molar-refractivity contribution in [2.75, 3.05) is 24.6 Å². The van der Waals surface area contributed by atoms with E-state index in [9.17, 15) is 9.59 Å². The molecule has 2 amide bonds. The van der Waals surface area contributed by atoms with Crippen molar-refractivity contribution in [1.29, 1.82) is 0 Å². The maximum atomic E-state index is 12.3. The van der Waals surface area contributed by atoms with Gasteiger partial charge in [0.25, 0.3) is 0 Å². The number of hydrogen-bond donors (Lipinski definition) is 1. The lowest BCUT2D eigenvalue weighted by molar-refractivity contribution is -0.123. The molecule has 0 bridgehead atoms. The zero-order valence-corrected chi connectivity index (χ0v) is 14.9. The van der Waals surface area contributed by atoms with Crippen molar-refractivity contribution in [2.24, 2.45) is 0 Å². The lowest BCUT2D eigenvalue weighted by Crippen LogP contribution is -2.42. The summed E-state index contributed by atoms with van der Waals surface area (Å²) in [6, 6.07) is 6.06. The fourth-order valence-electron chi connectivity index (χ4n) is 3.14. The quantitative estimate of drug-likeness (QED) is 0.834. The highest BCUT2D eigenvalue weighted by atomic mass is 16.5. The molecule has 1 heterocycles. The first-order valence-electron chi connectivity index (χ1n) is 8.84. The van der Waals surface area contributed by atoms with Gasteiger partial charge in [-0.3, -0.25) is 9.59 Å². The van der Waals surface area contributed by atoms with Crippen molar-refractivity contribution in [3.8, 4) is 0 Å². The molecule has 0 aliphatic carbocycles. The van der Waals surface area contributed by atoms with Crippen molar-refractivity contribution in [2.45, 2.75) is 52.6 Å². The second-order valence-corrected chi connectivity index (χ2v) is 6.18. The van der Waals surface area contributed by atoms with Gasteiger partial charge >= 0.3 is 0 Å². The molecule has 1 aliphatic heterocycles. The van der Waals surface area contributed by atoms with Gasteiger partial charge in [0.2, 0.25) is 11.8 Å². The topological polar surface area (TPSA) is 58.6 Å². The fraction of sp³-hybridized carbons (Fsp3) is 0.579. The van der Waals surface area contributed by atoms with Crippen LogP contribution < -0.4 is 10.2 Å². The summed E-state index contributed by atoms with van der Waals surface area (Å²) in [7, 11) is 0. The van der Waals surface area contributed by atoms with Crippen molar-refractivity contribution in [1.82, 2.24) is 5.32 Å². The predicted molar refractivity (Wildman–Crippen MR) is 95.2 cm³/mol. The standard InChI is InChI=1S/C19H28N2O3/c1-4-15-8-6-9-16(5-2)19(15)21(14(3)22)13-18(23)20-12-17-10-7-11-24-17/h6,8-9,17H,4-5,7,10-13H2,1-3H3,(H,20,23). The number of ether oxygens (including phenoxy) is 1. The number of carbonyl (C=O) groups excluding carboxylic acids is 2.